The first-order chi connectivity index (χ1) is 6.65. The zero-order valence-corrected chi connectivity index (χ0v) is 9.03. The second kappa shape index (κ2) is 4.79. The van der Waals surface area contributed by atoms with Gasteiger partial charge in [0.25, 0.3) is 5.91 Å². The Kier molecular flexibility index (Phi) is 3.68. The predicted octanol–water partition coefficient (Wildman–Crippen LogP) is 1.29. The van der Waals surface area contributed by atoms with Gasteiger partial charge in [-0.1, -0.05) is 13.3 Å². The summed E-state index contributed by atoms with van der Waals surface area (Å²) in [5.41, 5.74) is 0.658. The Hall–Kier alpha value is -1.32. The number of nitrogens with zero attached hydrogens (tertiary/aromatic N) is 3. The summed E-state index contributed by atoms with van der Waals surface area (Å²) in [6, 6.07) is 0. The first-order valence-corrected chi connectivity index (χ1v) is 4.89. The lowest BCUT2D eigenvalue weighted by Gasteiger charge is -2.15. The van der Waals surface area contributed by atoms with Crippen molar-refractivity contribution in [1.29, 1.82) is 0 Å². The van der Waals surface area contributed by atoms with Crippen molar-refractivity contribution in [1.82, 2.24) is 14.7 Å². The molecule has 0 atom stereocenters. The van der Waals surface area contributed by atoms with Crippen LogP contribution in [0.25, 0.3) is 0 Å². The summed E-state index contributed by atoms with van der Waals surface area (Å²) in [7, 11) is 3.63. The molecule has 1 aromatic heterocycles. The Bertz CT molecular complexity index is 306. The van der Waals surface area contributed by atoms with Crippen molar-refractivity contribution in [2.75, 3.05) is 13.6 Å². The molecule has 0 aliphatic heterocycles. The minimum Gasteiger partial charge on any atom is -0.342 e. The molecule has 14 heavy (non-hydrogen) atoms. The molecule has 0 aromatic carbocycles. The number of carbonyl (C=O) groups is 1. The van der Waals surface area contributed by atoms with Crippen molar-refractivity contribution in [2.45, 2.75) is 19.8 Å². The Morgan fingerprint density at radius 2 is 2.36 bits per heavy atom. The van der Waals surface area contributed by atoms with Crippen LogP contribution in [0.2, 0.25) is 0 Å². The highest BCUT2D eigenvalue weighted by Gasteiger charge is 2.12. The minimum absolute atomic E-state index is 0.0477. The minimum atomic E-state index is 0.0477. The van der Waals surface area contributed by atoms with Crippen molar-refractivity contribution < 1.29 is 4.79 Å². The Labute approximate surface area is 84.5 Å². The van der Waals surface area contributed by atoms with Crippen LogP contribution in [0.3, 0.4) is 0 Å². The molecule has 1 rings (SSSR count). The number of amides is 1. The maximum Gasteiger partial charge on any atom is 0.256 e. The predicted molar refractivity (Wildman–Crippen MR) is 55.1 cm³/mol. The van der Waals surface area contributed by atoms with Gasteiger partial charge in [0.1, 0.15) is 0 Å². The largest absolute Gasteiger partial charge is 0.342 e. The smallest absolute Gasteiger partial charge is 0.256 e. The number of aryl methyl sites for hydroxylation is 1. The van der Waals surface area contributed by atoms with Crippen molar-refractivity contribution in [3.8, 4) is 0 Å². The molecule has 0 fully saturated rings. The molecule has 0 saturated carbocycles. The van der Waals surface area contributed by atoms with Crippen LogP contribution in [0.15, 0.2) is 12.4 Å². The van der Waals surface area contributed by atoms with Gasteiger partial charge in [0.2, 0.25) is 0 Å². The van der Waals surface area contributed by atoms with E-state index in [1.165, 1.54) is 0 Å². The fraction of sp³-hybridized carbons (Fsp3) is 0.600. The maximum absolute atomic E-state index is 11.7. The SMILES string of the molecule is CCCCN(C)C(=O)c1cnn(C)c1. The molecule has 78 valence electrons. The van der Waals surface area contributed by atoms with Gasteiger partial charge in [0.15, 0.2) is 0 Å². The van der Waals surface area contributed by atoms with E-state index >= 15 is 0 Å². The van der Waals surface area contributed by atoms with E-state index in [9.17, 15) is 4.79 Å². The standard InChI is InChI=1S/C10H17N3O/c1-4-5-6-12(2)10(14)9-7-11-13(3)8-9/h7-8H,4-6H2,1-3H3. The monoisotopic (exact) mass is 195 g/mol. The Balaban J connectivity index is 2.56. The van der Waals surface area contributed by atoms with Crippen LogP contribution in [0, 0.1) is 0 Å². The lowest BCUT2D eigenvalue weighted by Crippen LogP contribution is -2.27. The number of carbonyl (C=O) groups excluding carboxylic acids is 1. The van der Waals surface area contributed by atoms with Crippen molar-refractivity contribution >= 4 is 5.91 Å². The highest BCUT2D eigenvalue weighted by molar-refractivity contribution is 5.93. The van der Waals surface area contributed by atoms with Crippen molar-refractivity contribution in [2.24, 2.45) is 7.05 Å². The Morgan fingerprint density at radius 1 is 1.64 bits per heavy atom. The quantitative estimate of drug-likeness (QED) is 0.726. The first kappa shape index (κ1) is 10.8. The van der Waals surface area contributed by atoms with Gasteiger partial charge in [-0.2, -0.15) is 5.10 Å². The fourth-order valence-electron chi connectivity index (χ4n) is 1.25. The second-order valence-corrected chi connectivity index (χ2v) is 3.48. The van der Waals surface area contributed by atoms with Gasteiger partial charge in [-0.3, -0.25) is 9.48 Å². The van der Waals surface area contributed by atoms with Crippen molar-refractivity contribution in [3.63, 3.8) is 0 Å². The molecule has 4 heteroatoms. The molecule has 1 amide bonds. The number of rotatable bonds is 4. The molecule has 1 heterocycles. The third-order valence-corrected chi connectivity index (χ3v) is 2.15. The number of hydrogen-bond donors (Lipinski definition) is 0. The van der Waals surface area contributed by atoms with E-state index in [0.29, 0.717) is 5.56 Å². The molecule has 0 radical (unpaired) electrons. The van der Waals surface area contributed by atoms with Gasteiger partial charge in [0.05, 0.1) is 11.8 Å². The summed E-state index contributed by atoms with van der Waals surface area (Å²) in [4.78, 5) is 13.5. The van der Waals surface area contributed by atoms with E-state index in [-0.39, 0.29) is 5.91 Å². The number of aromatic nitrogens is 2. The molecule has 4 nitrogen and oxygen atoms in total. The molecule has 0 bridgehead atoms. The van der Waals surface area contributed by atoms with Crippen LogP contribution in [-0.2, 0) is 7.05 Å². The van der Waals surface area contributed by atoms with Crippen LogP contribution in [0.4, 0.5) is 0 Å². The van der Waals surface area contributed by atoms with Crippen LogP contribution >= 0.6 is 0 Å². The average Bonchev–Trinajstić information content (AvgIpc) is 2.60. The van der Waals surface area contributed by atoms with E-state index < -0.39 is 0 Å². The second-order valence-electron chi connectivity index (χ2n) is 3.48. The van der Waals surface area contributed by atoms with Crippen LogP contribution in [0.1, 0.15) is 30.1 Å². The highest BCUT2D eigenvalue weighted by atomic mass is 16.2. The summed E-state index contributed by atoms with van der Waals surface area (Å²) in [5.74, 6) is 0.0477. The third kappa shape index (κ3) is 2.58. The molecule has 0 saturated heterocycles. The highest BCUT2D eigenvalue weighted by Crippen LogP contribution is 2.02. The van der Waals surface area contributed by atoms with E-state index in [0.717, 1.165) is 19.4 Å². The molecule has 0 aliphatic rings. The molecular formula is C10H17N3O. The van der Waals surface area contributed by atoms with Crippen LogP contribution in [0.5, 0.6) is 0 Å². The van der Waals surface area contributed by atoms with E-state index in [2.05, 4.69) is 12.0 Å². The molecule has 0 spiro atoms. The van der Waals surface area contributed by atoms with Gasteiger partial charge in [0, 0.05) is 26.8 Å². The summed E-state index contributed by atoms with van der Waals surface area (Å²) < 4.78 is 1.64. The van der Waals surface area contributed by atoms with E-state index in [1.54, 1.807) is 22.0 Å². The fourth-order valence-corrected chi connectivity index (χ4v) is 1.25. The zero-order valence-electron chi connectivity index (χ0n) is 9.03. The Morgan fingerprint density at radius 3 is 2.86 bits per heavy atom. The molecule has 0 N–H and O–H groups in total. The summed E-state index contributed by atoms with van der Waals surface area (Å²) >= 11 is 0. The lowest BCUT2D eigenvalue weighted by molar-refractivity contribution is 0.0793. The average molecular weight is 195 g/mol. The van der Waals surface area contributed by atoms with Crippen LogP contribution < -0.4 is 0 Å². The zero-order chi connectivity index (χ0) is 10.6. The molecular weight excluding hydrogens is 178 g/mol. The molecule has 0 aliphatic carbocycles. The van der Waals surface area contributed by atoms with Gasteiger partial charge < -0.3 is 4.90 Å². The van der Waals surface area contributed by atoms with Gasteiger partial charge in [-0.25, -0.2) is 0 Å². The van der Waals surface area contributed by atoms with Crippen LogP contribution in [-0.4, -0.2) is 34.2 Å². The summed E-state index contributed by atoms with van der Waals surface area (Å²) in [6.45, 7) is 2.92. The number of hydrogen-bond acceptors (Lipinski definition) is 2. The summed E-state index contributed by atoms with van der Waals surface area (Å²) in [6.07, 6.45) is 5.49. The number of unbranched alkanes of at least 4 members (excludes halogenated alkanes) is 1. The third-order valence-electron chi connectivity index (χ3n) is 2.15. The topological polar surface area (TPSA) is 38.1 Å². The van der Waals surface area contributed by atoms with Crippen molar-refractivity contribution in [3.05, 3.63) is 18.0 Å². The van der Waals surface area contributed by atoms with Gasteiger partial charge in [-0.05, 0) is 6.42 Å². The lowest BCUT2D eigenvalue weighted by atomic mass is 10.3. The summed E-state index contributed by atoms with van der Waals surface area (Å²) in [5, 5.41) is 3.97. The van der Waals surface area contributed by atoms with E-state index in [4.69, 9.17) is 0 Å². The first-order valence-electron chi connectivity index (χ1n) is 4.89. The van der Waals surface area contributed by atoms with E-state index in [1.807, 2.05) is 14.1 Å². The molecule has 0 unspecified atom stereocenters. The normalized spacial score (nSPS) is 10.2. The molecule has 1 aromatic rings. The van der Waals surface area contributed by atoms with Gasteiger partial charge in [-0.15, -0.1) is 0 Å². The van der Waals surface area contributed by atoms with Gasteiger partial charge >= 0.3 is 0 Å². The maximum atomic E-state index is 11.7.